The van der Waals surface area contributed by atoms with Crippen LogP contribution in [0.5, 0.6) is 0 Å². The molecule has 1 aliphatic rings. The molecule has 0 bridgehead atoms. The van der Waals surface area contributed by atoms with Crippen LogP contribution in [-0.4, -0.2) is 23.1 Å². The van der Waals surface area contributed by atoms with Gasteiger partial charge in [0, 0.05) is 24.8 Å². The highest BCUT2D eigenvalue weighted by atomic mass is 15.2. The van der Waals surface area contributed by atoms with E-state index in [2.05, 4.69) is 34.8 Å². The molecule has 0 amide bonds. The second-order valence-electron chi connectivity index (χ2n) is 3.80. The fourth-order valence-electron chi connectivity index (χ4n) is 1.40. The van der Waals surface area contributed by atoms with Gasteiger partial charge in [-0.05, 0) is 12.3 Å². The lowest BCUT2D eigenvalue weighted by atomic mass is 10.1. The van der Waals surface area contributed by atoms with E-state index in [9.17, 15) is 0 Å². The van der Waals surface area contributed by atoms with Crippen molar-refractivity contribution in [1.29, 1.82) is 0 Å². The monoisotopic (exact) mass is 177 g/mol. The molecule has 0 aliphatic carbocycles. The minimum absolute atomic E-state index is 0.489. The summed E-state index contributed by atoms with van der Waals surface area (Å²) >= 11 is 0. The lowest BCUT2D eigenvalue weighted by Crippen LogP contribution is -2.37. The zero-order valence-corrected chi connectivity index (χ0v) is 8.20. The van der Waals surface area contributed by atoms with Crippen molar-refractivity contribution in [2.75, 3.05) is 18.0 Å². The maximum atomic E-state index is 4.26. The van der Waals surface area contributed by atoms with Crippen LogP contribution in [0.15, 0.2) is 12.4 Å². The zero-order valence-electron chi connectivity index (χ0n) is 8.20. The Bertz CT molecular complexity index is 292. The van der Waals surface area contributed by atoms with Crippen molar-refractivity contribution < 1.29 is 0 Å². The van der Waals surface area contributed by atoms with Gasteiger partial charge in [-0.15, -0.1) is 0 Å². The van der Waals surface area contributed by atoms with Crippen molar-refractivity contribution in [2.24, 2.45) is 0 Å². The zero-order chi connectivity index (χ0) is 9.26. The van der Waals surface area contributed by atoms with Crippen molar-refractivity contribution in [2.45, 2.75) is 26.2 Å². The fourth-order valence-corrected chi connectivity index (χ4v) is 1.40. The lowest BCUT2D eigenvalue weighted by molar-refractivity contribution is 0.607. The van der Waals surface area contributed by atoms with Crippen LogP contribution in [0.25, 0.3) is 0 Å². The Balaban J connectivity index is 2.21. The molecule has 0 radical (unpaired) electrons. The number of nitrogens with zero attached hydrogens (tertiary/aromatic N) is 3. The summed E-state index contributed by atoms with van der Waals surface area (Å²) in [5, 5.41) is 0. The Morgan fingerprint density at radius 1 is 1.31 bits per heavy atom. The van der Waals surface area contributed by atoms with Crippen LogP contribution >= 0.6 is 0 Å². The summed E-state index contributed by atoms with van der Waals surface area (Å²) in [7, 11) is 0. The van der Waals surface area contributed by atoms with Gasteiger partial charge in [-0.25, -0.2) is 9.97 Å². The van der Waals surface area contributed by atoms with E-state index < -0.39 is 0 Å². The first-order valence-electron chi connectivity index (χ1n) is 4.84. The first-order valence-corrected chi connectivity index (χ1v) is 4.84. The first kappa shape index (κ1) is 8.48. The number of aromatic nitrogens is 2. The first-order chi connectivity index (χ1) is 6.27. The molecule has 1 saturated heterocycles. The normalized spacial score (nSPS) is 16.1. The summed E-state index contributed by atoms with van der Waals surface area (Å²) in [6.45, 7) is 6.60. The molecule has 1 aliphatic heterocycles. The molecule has 3 nitrogen and oxygen atoms in total. The molecule has 0 spiro atoms. The van der Waals surface area contributed by atoms with Gasteiger partial charge in [0.1, 0.15) is 12.1 Å². The molecule has 1 fully saturated rings. The van der Waals surface area contributed by atoms with Gasteiger partial charge in [0.2, 0.25) is 0 Å². The van der Waals surface area contributed by atoms with Gasteiger partial charge < -0.3 is 4.90 Å². The maximum Gasteiger partial charge on any atom is 0.132 e. The third-order valence-corrected chi connectivity index (χ3v) is 2.45. The predicted octanol–water partition coefficient (Wildman–Crippen LogP) is 1.81. The molecule has 3 heteroatoms. The van der Waals surface area contributed by atoms with E-state index in [-0.39, 0.29) is 0 Å². The van der Waals surface area contributed by atoms with Crippen molar-refractivity contribution >= 4 is 5.82 Å². The fraction of sp³-hybridized carbons (Fsp3) is 0.600. The van der Waals surface area contributed by atoms with Crippen molar-refractivity contribution in [1.82, 2.24) is 9.97 Å². The summed E-state index contributed by atoms with van der Waals surface area (Å²) in [5.41, 5.74) is 1.14. The molecule has 70 valence electrons. The molecule has 0 aromatic carbocycles. The van der Waals surface area contributed by atoms with E-state index in [1.807, 2.05) is 0 Å². The van der Waals surface area contributed by atoms with Crippen LogP contribution in [-0.2, 0) is 0 Å². The molecular formula is C10H15N3. The molecule has 13 heavy (non-hydrogen) atoms. The average Bonchev–Trinajstić information content (AvgIpc) is 2.01. The van der Waals surface area contributed by atoms with Crippen LogP contribution in [0.4, 0.5) is 5.82 Å². The Morgan fingerprint density at radius 3 is 2.62 bits per heavy atom. The highest BCUT2D eigenvalue weighted by Crippen LogP contribution is 2.20. The molecule has 0 unspecified atom stereocenters. The smallest absolute Gasteiger partial charge is 0.132 e. The summed E-state index contributed by atoms with van der Waals surface area (Å²) in [6.07, 6.45) is 2.96. The lowest BCUT2D eigenvalue weighted by Gasteiger charge is -2.32. The van der Waals surface area contributed by atoms with Crippen LogP contribution in [0.2, 0.25) is 0 Å². The summed E-state index contributed by atoms with van der Waals surface area (Å²) in [4.78, 5) is 10.8. The summed E-state index contributed by atoms with van der Waals surface area (Å²) < 4.78 is 0. The topological polar surface area (TPSA) is 29.0 Å². The molecule has 0 atom stereocenters. The van der Waals surface area contributed by atoms with Gasteiger partial charge in [0.15, 0.2) is 0 Å². The van der Waals surface area contributed by atoms with Crippen molar-refractivity contribution in [3.05, 3.63) is 18.1 Å². The highest BCUT2D eigenvalue weighted by molar-refractivity contribution is 5.41. The molecule has 1 aromatic rings. The number of hydrogen-bond acceptors (Lipinski definition) is 3. The van der Waals surface area contributed by atoms with Gasteiger partial charge in [-0.1, -0.05) is 13.8 Å². The van der Waals surface area contributed by atoms with E-state index in [4.69, 9.17) is 0 Å². The number of hydrogen-bond donors (Lipinski definition) is 0. The van der Waals surface area contributed by atoms with Gasteiger partial charge in [-0.2, -0.15) is 0 Å². The quantitative estimate of drug-likeness (QED) is 0.690. The van der Waals surface area contributed by atoms with Crippen LogP contribution in [0.1, 0.15) is 31.9 Å². The third kappa shape index (κ3) is 1.64. The van der Waals surface area contributed by atoms with Gasteiger partial charge >= 0.3 is 0 Å². The molecule has 1 aromatic heterocycles. The van der Waals surface area contributed by atoms with E-state index in [0.29, 0.717) is 5.92 Å². The van der Waals surface area contributed by atoms with E-state index in [1.165, 1.54) is 6.42 Å². The molecular weight excluding hydrogens is 162 g/mol. The van der Waals surface area contributed by atoms with Gasteiger partial charge in [-0.3, -0.25) is 0 Å². The Morgan fingerprint density at radius 2 is 2.08 bits per heavy atom. The molecule has 2 rings (SSSR count). The van der Waals surface area contributed by atoms with E-state index in [1.54, 1.807) is 6.33 Å². The summed E-state index contributed by atoms with van der Waals surface area (Å²) in [5.74, 6) is 1.58. The van der Waals surface area contributed by atoms with Crippen molar-refractivity contribution in [3.8, 4) is 0 Å². The minimum atomic E-state index is 0.489. The number of rotatable bonds is 2. The standard InChI is InChI=1S/C10H15N3/c1-8(2)9-6-10(12-7-11-9)13-4-3-5-13/h6-8H,3-5H2,1-2H3. The van der Waals surface area contributed by atoms with Crippen molar-refractivity contribution in [3.63, 3.8) is 0 Å². The average molecular weight is 177 g/mol. The van der Waals surface area contributed by atoms with Crippen LogP contribution < -0.4 is 4.90 Å². The maximum absolute atomic E-state index is 4.26. The highest BCUT2D eigenvalue weighted by Gasteiger charge is 2.16. The Hall–Kier alpha value is -1.12. The Labute approximate surface area is 78.8 Å². The second-order valence-corrected chi connectivity index (χ2v) is 3.80. The molecule has 2 heterocycles. The number of anilines is 1. The largest absolute Gasteiger partial charge is 0.356 e. The Kier molecular flexibility index (Phi) is 2.17. The molecule has 0 saturated carbocycles. The molecule has 0 N–H and O–H groups in total. The SMILES string of the molecule is CC(C)c1cc(N2CCC2)ncn1. The van der Waals surface area contributed by atoms with Crippen LogP contribution in [0, 0.1) is 0 Å². The van der Waals surface area contributed by atoms with Gasteiger partial charge in [0.05, 0.1) is 0 Å². The van der Waals surface area contributed by atoms with Crippen LogP contribution in [0.3, 0.4) is 0 Å². The third-order valence-electron chi connectivity index (χ3n) is 2.45. The van der Waals surface area contributed by atoms with E-state index >= 15 is 0 Å². The van der Waals surface area contributed by atoms with Gasteiger partial charge in [0.25, 0.3) is 0 Å². The second kappa shape index (κ2) is 3.32. The minimum Gasteiger partial charge on any atom is -0.356 e. The predicted molar refractivity (Wildman–Crippen MR) is 53.0 cm³/mol. The summed E-state index contributed by atoms with van der Waals surface area (Å²) in [6, 6.07) is 2.10. The van der Waals surface area contributed by atoms with E-state index in [0.717, 1.165) is 24.6 Å².